The molecule has 7 rings (SSSR count). The highest BCUT2D eigenvalue weighted by molar-refractivity contribution is 5.86. The fourth-order valence-electron chi connectivity index (χ4n) is 5.00. The molecule has 5 aromatic carbocycles. The second kappa shape index (κ2) is 10.4. The number of hydrogen-bond acceptors (Lipinski definition) is 3. The highest BCUT2D eigenvalue weighted by Gasteiger charge is 2.11. The van der Waals surface area contributed by atoms with Gasteiger partial charge in [0.05, 0.1) is 17.1 Å². The summed E-state index contributed by atoms with van der Waals surface area (Å²) in [6, 6.07) is 50.1. The Balaban J connectivity index is 1.24. The molecule has 2 heterocycles. The van der Waals surface area contributed by atoms with Gasteiger partial charge >= 0.3 is 0 Å². The lowest BCUT2D eigenvalue weighted by Gasteiger charge is -2.10. The lowest BCUT2D eigenvalue weighted by Crippen LogP contribution is -1.95. The SMILES string of the molecule is c1ccc(-c2cc(-c3ccccc3)nc(-c3ccc(-c4cccc(-c5cc6ccccc6cn5)c4)cc3)n2)cc1. The van der Waals surface area contributed by atoms with Crippen molar-refractivity contribution in [2.45, 2.75) is 0 Å². The first-order valence-electron chi connectivity index (χ1n) is 13.4. The van der Waals surface area contributed by atoms with Crippen LogP contribution in [0.25, 0.3) is 67.1 Å². The first kappa shape index (κ1) is 23.7. The summed E-state index contributed by atoms with van der Waals surface area (Å²) >= 11 is 0. The lowest BCUT2D eigenvalue weighted by atomic mass is 9.99. The van der Waals surface area contributed by atoms with Crippen molar-refractivity contribution < 1.29 is 0 Å². The molecule has 7 aromatic rings. The molecule has 0 unspecified atom stereocenters. The molecule has 40 heavy (non-hydrogen) atoms. The molecular formula is C37H25N3. The Morgan fingerprint density at radius 2 is 0.875 bits per heavy atom. The van der Waals surface area contributed by atoms with Gasteiger partial charge in [-0.2, -0.15) is 0 Å². The van der Waals surface area contributed by atoms with E-state index in [2.05, 4.69) is 103 Å². The van der Waals surface area contributed by atoms with Crippen LogP contribution >= 0.6 is 0 Å². The lowest BCUT2D eigenvalue weighted by molar-refractivity contribution is 1.18. The monoisotopic (exact) mass is 511 g/mol. The molecule has 188 valence electrons. The van der Waals surface area contributed by atoms with Gasteiger partial charge in [0.2, 0.25) is 0 Å². The van der Waals surface area contributed by atoms with Crippen molar-refractivity contribution in [1.82, 2.24) is 15.0 Å². The number of pyridine rings is 1. The second-order valence-corrected chi connectivity index (χ2v) is 9.77. The molecule has 0 atom stereocenters. The summed E-state index contributed by atoms with van der Waals surface area (Å²) in [6.07, 6.45) is 1.94. The zero-order valence-corrected chi connectivity index (χ0v) is 21.8. The van der Waals surface area contributed by atoms with Crippen molar-refractivity contribution in [2.75, 3.05) is 0 Å². The summed E-state index contributed by atoms with van der Waals surface area (Å²) in [5.41, 5.74) is 9.27. The summed E-state index contributed by atoms with van der Waals surface area (Å²) < 4.78 is 0. The number of aromatic nitrogens is 3. The van der Waals surface area contributed by atoms with E-state index in [-0.39, 0.29) is 0 Å². The van der Waals surface area contributed by atoms with Crippen molar-refractivity contribution in [3.8, 4) is 56.3 Å². The molecule has 0 aliphatic heterocycles. The number of hydrogen-bond donors (Lipinski definition) is 0. The van der Waals surface area contributed by atoms with Gasteiger partial charge in [-0.1, -0.05) is 127 Å². The average Bonchev–Trinajstić information content (AvgIpc) is 3.05. The number of nitrogens with zero attached hydrogens (tertiary/aromatic N) is 3. The zero-order valence-electron chi connectivity index (χ0n) is 21.8. The van der Waals surface area contributed by atoms with Crippen LogP contribution in [0.1, 0.15) is 0 Å². The summed E-state index contributed by atoms with van der Waals surface area (Å²) in [7, 11) is 0. The van der Waals surface area contributed by atoms with Crippen LogP contribution in [0.4, 0.5) is 0 Å². The van der Waals surface area contributed by atoms with E-state index >= 15 is 0 Å². The maximum Gasteiger partial charge on any atom is 0.160 e. The summed E-state index contributed by atoms with van der Waals surface area (Å²) in [5, 5.41) is 2.34. The van der Waals surface area contributed by atoms with Crippen LogP contribution in [0, 0.1) is 0 Å². The third kappa shape index (κ3) is 4.77. The van der Waals surface area contributed by atoms with Crippen LogP contribution < -0.4 is 0 Å². The van der Waals surface area contributed by atoms with Crippen LogP contribution in [0.15, 0.2) is 152 Å². The van der Waals surface area contributed by atoms with Crippen LogP contribution in [0.5, 0.6) is 0 Å². The molecule has 2 aromatic heterocycles. The first-order chi connectivity index (χ1) is 19.8. The van der Waals surface area contributed by atoms with E-state index in [1.807, 2.05) is 48.7 Å². The van der Waals surface area contributed by atoms with Crippen LogP contribution in [-0.2, 0) is 0 Å². The highest BCUT2D eigenvalue weighted by atomic mass is 14.9. The summed E-state index contributed by atoms with van der Waals surface area (Å²) in [6.45, 7) is 0. The van der Waals surface area contributed by atoms with E-state index in [0.717, 1.165) is 55.8 Å². The fourth-order valence-corrected chi connectivity index (χ4v) is 5.00. The molecule has 0 saturated carbocycles. The molecule has 0 aliphatic rings. The topological polar surface area (TPSA) is 38.7 Å². The van der Waals surface area contributed by atoms with Gasteiger partial charge in [-0.05, 0) is 34.7 Å². The van der Waals surface area contributed by atoms with Crippen molar-refractivity contribution in [3.05, 3.63) is 152 Å². The van der Waals surface area contributed by atoms with Gasteiger partial charge in [0, 0.05) is 33.8 Å². The maximum atomic E-state index is 4.96. The van der Waals surface area contributed by atoms with Gasteiger partial charge in [-0.3, -0.25) is 4.98 Å². The van der Waals surface area contributed by atoms with Crippen LogP contribution in [0.2, 0.25) is 0 Å². The highest BCUT2D eigenvalue weighted by Crippen LogP contribution is 2.31. The Hall–Kier alpha value is -5.41. The largest absolute Gasteiger partial charge is 0.256 e. The maximum absolute atomic E-state index is 4.96. The average molecular weight is 512 g/mol. The van der Waals surface area contributed by atoms with Gasteiger partial charge in [0.25, 0.3) is 0 Å². The Kier molecular flexibility index (Phi) is 6.15. The van der Waals surface area contributed by atoms with Crippen LogP contribution in [-0.4, -0.2) is 15.0 Å². The van der Waals surface area contributed by atoms with Crippen LogP contribution in [0.3, 0.4) is 0 Å². The van der Waals surface area contributed by atoms with E-state index in [1.165, 1.54) is 5.39 Å². The summed E-state index contributed by atoms with van der Waals surface area (Å²) in [5.74, 6) is 0.709. The molecule has 3 heteroatoms. The standard InChI is InChI=1S/C37H25N3/c1-3-10-27(11-4-1)35-24-36(28-12-5-2-6-13-28)40-37(39-35)29-20-18-26(19-21-29)30-16-9-17-32(22-30)34-23-31-14-7-8-15-33(31)25-38-34/h1-25H. The van der Waals surface area contributed by atoms with E-state index in [4.69, 9.17) is 15.0 Å². The van der Waals surface area contributed by atoms with E-state index in [0.29, 0.717) is 5.82 Å². The van der Waals surface area contributed by atoms with E-state index < -0.39 is 0 Å². The molecule has 3 nitrogen and oxygen atoms in total. The minimum Gasteiger partial charge on any atom is -0.256 e. The third-order valence-corrected chi connectivity index (χ3v) is 7.13. The molecule has 0 radical (unpaired) electrons. The Bertz CT molecular complexity index is 1870. The van der Waals surface area contributed by atoms with Gasteiger partial charge < -0.3 is 0 Å². The Morgan fingerprint density at radius 3 is 1.55 bits per heavy atom. The zero-order chi connectivity index (χ0) is 26.7. The van der Waals surface area contributed by atoms with Gasteiger partial charge in [-0.15, -0.1) is 0 Å². The Morgan fingerprint density at radius 1 is 0.325 bits per heavy atom. The van der Waals surface area contributed by atoms with Gasteiger partial charge in [-0.25, -0.2) is 9.97 Å². The van der Waals surface area contributed by atoms with Crippen molar-refractivity contribution in [2.24, 2.45) is 0 Å². The fraction of sp³-hybridized carbons (Fsp3) is 0. The van der Waals surface area contributed by atoms with Crippen molar-refractivity contribution in [1.29, 1.82) is 0 Å². The molecule has 0 saturated heterocycles. The number of benzene rings is 5. The smallest absolute Gasteiger partial charge is 0.160 e. The number of rotatable bonds is 5. The molecule has 0 spiro atoms. The first-order valence-corrected chi connectivity index (χ1v) is 13.4. The third-order valence-electron chi connectivity index (χ3n) is 7.13. The minimum atomic E-state index is 0.709. The van der Waals surface area contributed by atoms with E-state index in [1.54, 1.807) is 0 Å². The van der Waals surface area contributed by atoms with Gasteiger partial charge in [0.15, 0.2) is 5.82 Å². The molecule has 0 fully saturated rings. The molecule has 0 aliphatic carbocycles. The predicted molar refractivity (Wildman–Crippen MR) is 165 cm³/mol. The van der Waals surface area contributed by atoms with Crippen molar-refractivity contribution >= 4 is 10.8 Å². The van der Waals surface area contributed by atoms with E-state index in [9.17, 15) is 0 Å². The van der Waals surface area contributed by atoms with Gasteiger partial charge in [0.1, 0.15) is 0 Å². The molecule has 0 amide bonds. The Labute approximate surface area is 233 Å². The molecule has 0 bridgehead atoms. The quantitative estimate of drug-likeness (QED) is 0.231. The second-order valence-electron chi connectivity index (χ2n) is 9.77. The predicted octanol–water partition coefficient (Wildman–Crippen LogP) is 9.36. The molecule has 0 N–H and O–H groups in total. The normalized spacial score (nSPS) is 11.0. The molecular weight excluding hydrogens is 486 g/mol. The summed E-state index contributed by atoms with van der Waals surface area (Å²) in [4.78, 5) is 14.6. The van der Waals surface area contributed by atoms with Crippen molar-refractivity contribution in [3.63, 3.8) is 0 Å². The minimum absolute atomic E-state index is 0.709. The number of fused-ring (bicyclic) bond motifs is 1.